The number of aromatic nitrogens is 2. The maximum absolute atomic E-state index is 11.1. The summed E-state index contributed by atoms with van der Waals surface area (Å²) in [7, 11) is 0. The molecule has 1 aromatic heterocycles. The molecule has 7 heteroatoms. The second kappa shape index (κ2) is 7.16. The van der Waals surface area contributed by atoms with E-state index in [9.17, 15) is 4.79 Å². The van der Waals surface area contributed by atoms with Gasteiger partial charge in [-0.3, -0.25) is 0 Å². The minimum Gasteiger partial charge on any atom is -0.486 e. The molecule has 1 aromatic carbocycles. The molecule has 24 heavy (non-hydrogen) atoms. The smallest absolute Gasteiger partial charge is 0.354 e. The molecule has 0 bridgehead atoms. The molecule has 0 fully saturated rings. The van der Waals surface area contributed by atoms with Crippen LogP contribution in [0.25, 0.3) is 0 Å². The van der Waals surface area contributed by atoms with Crippen molar-refractivity contribution in [1.29, 1.82) is 0 Å². The van der Waals surface area contributed by atoms with E-state index in [0.29, 0.717) is 31.4 Å². The second-order valence-electron chi connectivity index (χ2n) is 5.49. The fraction of sp³-hybridized carbons (Fsp3) is 0.353. The number of hydrogen-bond acceptors (Lipinski definition) is 6. The Hall–Kier alpha value is -2.83. The SMILES string of the molecule is CCCN(CC1COc2ccccc2O1)c1nccc(C(=O)O)n1. The zero-order valence-corrected chi connectivity index (χ0v) is 13.4. The lowest BCUT2D eigenvalue weighted by Gasteiger charge is -2.31. The molecule has 1 atom stereocenters. The molecule has 2 aromatic rings. The Morgan fingerprint density at radius 1 is 1.33 bits per heavy atom. The number of fused-ring (bicyclic) bond motifs is 1. The van der Waals surface area contributed by atoms with Crippen molar-refractivity contribution in [2.75, 3.05) is 24.6 Å². The number of hydrogen-bond donors (Lipinski definition) is 1. The van der Waals surface area contributed by atoms with Crippen molar-refractivity contribution in [1.82, 2.24) is 9.97 Å². The Bertz CT molecular complexity index is 722. The van der Waals surface area contributed by atoms with Gasteiger partial charge in [-0.2, -0.15) is 0 Å². The summed E-state index contributed by atoms with van der Waals surface area (Å²) in [4.78, 5) is 21.4. The van der Waals surface area contributed by atoms with Crippen LogP contribution in [-0.4, -0.2) is 46.8 Å². The van der Waals surface area contributed by atoms with Crippen LogP contribution in [0, 0.1) is 0 Å². The molecule has 0 spiro atoms. The third-order valence-electron chi connectivity index (χ3n) is 3.63. The number of rotatable bonds is 6. The van der Waals surface area contributed by atoms with Gasteiger partial charge in [0.15, 0.2) is 23.3 Å². The number of benzene rings is 1. The predicted molar refractivity (Wildman–Crippen MR) is 87.8 cm³/mol. The van der Waals surface area contributed by atoms with Crippen molar-refractivity contribution < 1.29 is 19.4 Å². The highest BCUT2D eigenvalue weighted by molar-refractivity contribution is 5.85. The van der Waals surface area contributed by atoms with Gasteiger partial charge in [0.25, 0.3) is 0 Å². The van der Waals surface area contributed by atoms with Gasteiger partial charge in [-0.15, -0.1) is 0 Å². The van der Waals surface area contributed by atoms with Gasteiger partial charge in [-0.1, -0.05) is 19.1 Å². The van der Waals surface area contributed by atoms with Crippen LogP contribution in [0.15, 0.2) is 36.5 Å². The Morgan fingerprint density at radius 2 is 2.12 bits per heavy atom. The van der Waals surface area contributed by atoms with Crippen LogP contribution in [0.4, 0.5) is 5.95 Å². The number of para-hydroxylation sites is 2. The molecular formula is C17H19N3O4. The molecule has 0 saturated carbocycles. The topological polar surface area (TPSA) is 84.8 Å². The summed E-state index contributed by atoms with van der Waals surface area (Å²) >= 11 is 0. The summed E-state index contributed by atoms with van der Waals surface area (Å²) in [5, 5.41) is 9.10. The number of anilines is 1. The van der Waals surface area contributed by atoms with Gasteiger partial charge in [-0.05, 0) is 24.6 Å². The highest BCUT2D eigenvalue weighted by Crippen LogP contribution is 2.31. The molecule has 0 radical (unpaired) electrons. The van der Waals surface area contributed by atoms with Gasteiger partial charge in [0, 0.05) is 12.7 Å². The summed E-state index contributed by atoms with van der Waals surface area (Å²) in [6.45, 7) is 3.69. The minimum absolute atomic E-state index is 0.0211. The molecular weight excluding hydrogens is 310 g/mol. The molecule has 1 N–H and O–H groups in total. The van der Waals surface area contributed by atoms with E-state index in [1.807, 2.05) is 36.1 Å². The number of carboxylic acids is 1. The standard InChI is InChI=1S/C17H19N3O4/c1-2-9-20(17-18-8-7-13(19-17)16(21)22)10-12-11-23-14-5-3-4-6-15(14)24-12/h3-8,12H,2,9-11H2,1H3,(H,21,22). The van der Waals surface area contributed by atoms with Crippen molar-refractivity contribution in [3.05, 3.63) is 42.2 Å². The fourth-order valence-electron chi connectivity index (χ4n) is 2.56. The summed E-state index contributed by atoms with van der Waals surface area (Å²) in [5.41, 5.74) is -0.0211. The number of carboxylic acid groups (broad SMARTS) is 1. The molecule has 2 heterocycles. The Balaban J connectivity index is 1.75. The van der Waals surface area contributed by atoms with Crippen molar-refractivity contribution in [2.24, 2.45) is 0 Å². The predicted octanol–water partition coefficient (Wildman–Crippen LogP) is 2.23. The molecule has 0 amide bonds. The lowest BCUT2D eigenvalue weighted by atomic mass is 10.2. The third kappa shape index (κ3) is 3.56. The maximum Gasteiger partial charge on any atom is 0.354 e. The van der Waals surface area contributed by atoms with E-state index < -0.39 is 5.97 Å². The van der Waals surface area contributed by atoms with Gasteiger partial charge in [0.2, 0.25) is 5.95 Å². The highest BCUT2D eigenvalue weighted by Gasteiger charge is 2.24. The Labute approximate surface area is 139 Å². The molecule has 0 aliphatic carbocycles. The van der Waals surface area contributed by atoms with Crippen LogP contribution < -0.4 is 14.4 Å². The first kappa shape index (κ1) is 16.0. The molecule has 7 nitrogen and oxygen atoms in total. The van der Waals surface area contributed by atoms with E-state index in [4.69, 9.17) is 14.6 Å². The number of aromatic carboxylic acids is 1. The van der Waals surface area contributed by atoms with Gasteiger partial charge in [0.1, 0.15) is 6.61 Å². The molecule has 1 aliphatic heterocycles. The van der Waals surface area contributed by atoms with Crippen LogP contribution in [0.5, 0.6) is 11.5 Å². The second-order valence-corrected chi connectivity index (χ2v) is 5.49. The average molecular weight is 329 g/mol. The van der Waals surface area contributed by atoms with Gasteiger partial charge in [0.05, 0.1) is 6.54 Å². The average Bonchev–Trinajstić information content (AvgIpc) is 2.61. The van der Waals surface area contributed by atoms with Gasteiger partial charge >= 0.3 is 5.97 Å². The molecule has 1 unspecified atom stereocenters. The third-order valence-corrected chi connectivity index (χ3v) is 3.63. The minimum atomic E-state index is -1.07. The van der Waals surface area contributed by atoms with Crippen molar-refractivity contribution in [3.63, 3.8) is 0 Å². The lowest BCUT2D eigenvalue weighted by molar-refractivity contribution is 0.0690. The largest absolute Gasteiger partial charge is 0.486 e. The first-order valence-electron chi connectivity index (χ1n) is 7.87. The number of nitrogens with zero attached hydrogens (tertiary/aromatic N) is 3. The number of carbonyl (C=O) groups is 1. The van der Waals surface area contributed by atoms with Crippen LogP contribution in [0.2, 0.25) is 0 Å². The summed E-state index contributed by atoms with van der Waals surface area (Å²) in [5.74, 6) is 0.769. The first-order chi connectivity index (χ1) is 11.7. The zero-order chi connectivity index (χ0) is 16.9. The number of ether oxygens (including phenoxy) is 2. The molecule has 126 valence electrons. The van der Waals surface area contributed by atoms with Crippen molar-refractivity contribution in [3.8, 4) is 11.5 Å². The van der Waals surface area contributed by atoms with E-state index >= 15 is 0 Å². The lowest BCUT2D eigenvalue weighted by Crippen LogP contribution is -2.42. The van der Waals surface area contributed by atoms with Gasteiger partial charge in [-0.25, -0.2) is 14.8 Å². The Morgan fingerprint density at radius 3 is 2.88 bits per heavy atom. The summed E-state index contributed by atoms with van der Waals surface area (Å²) in [6.07, 6.45) is 2.16. The van der Waals surface area contributed by atoms with E-state index in [0.717, 1.165) is 12.2 Å². The summed E-state index contributed by atoms with van der Waals surface area (Å²) in [6, 6.07) is 8.92. The Kier molecular flexibility index (Phi) is 4.79. The van der Waals surface area contributed by atoms with E-state index in [1.165, 1.54) is 12.3 Å². The van der Waals surface area contributed by atoms with Crippen LogP contribution in [-0.2, 0) is 0 Å². The van der Waals surface area contributed by atoms with Gasteiger partial charge < -0.3 is 19.5 Å². The van der Waals surface area contributed by atoms with Crippen molar-refractivity contribution in [2.45, 2.75) is 19.4 Å². The van der Waals surface area contributed by atoms with Crippen LogP contribution >= 0.6 is 0 Å². The fourth-order valence-corrected chi connectivity index (χ4v) is 2.56. The summed E-state index contributed by atoms with van der Waals surface area (Å²) < 4.78 is 11.7. The zero-order valence-electron chi connectivity index (χ0n) is 13.4. The van der Waals surface area contributed by atoms with Crippen LogP contribution in [0.3, 0.4) is 0 Å². The highest BCUT2D eigenvalue weighted by atomic mass is 16.6. The molecule has 0 saturated heterocycles. The maximum atomic E-state index is 11.1. The molecule has 3 rings (SSSR count). The van der Waals surface area contributed by atoms with Crippen molar-refractivity contribution >= 4 is 11.9 Å². The monoisotopic (exact) mass is 329 g/mol. The van der Waals surface area contributed by atoms with Crippen LogP contribution in [0.1, 0.15) is 23.8 Å². The van der Waals surface area contributed by atoms with E-state index in [2.05, 4.69) is 9.97 Å². The first-order valence-corrected chi connectivity index (χ1v) is 7.87. The quantitative estimate of drug-likeness (QED) is 0.870. The normalized spacial score (nSPS) is 15.8. The van der Waals surface area contributed by atoms with E-state index in [-0.39, 0.29) is 11.8 Å². The molecule has 1 aliphatic rings. The van der Waals surface area contributed by atoms with E-state index in [1.54, 1.807) is 0 Å².